The molecule has 0 saturated carbocycles. The minimum atomic E-state index is -3.74. The number of benzene rings is 2. The van der Waals surface area contributed by atoms with Crippen LogP contribution < -0.4 is 9.44 Å². The maximum absolute atomic E-state index is 12.3. The van der Waals surface area contributed by atoms with Crippen LogP contribution in [-0.2, 0) is 20.0 Å². The normalized spacial score (nSPS) is 12.8. The Morgan fingerprint density at radius 1 is 0.760 bits per heavy atom. The molecular formula is C16H19BrN2O4S2. The fourth-order valence-electron chi connectivity index (χ4n) is 1.99. The van der Waals surface area contributed by atoms with Crippen molar-refractivity contribution in [2.24, 2.45) is 0 Å². The Morgan fingerprint density at radius 2 is 1.20 bits per heavy atom. The highest BCUT2D eigenvalue weighted by Crippen LogP contribution is 2.20. The van der Waals surface area contributed by atoms with Crippen molar-refractivity contribution >= 4 is 41.7 Å². The molecule has 0 saturated heterocycles. The highest BCUT2D eigenvalue weighted by atomic mass is 79.9. The molecule has 0 spiro atoms. The average molecular weight is 447 g/mol. The van der Waals surface area contributed by atoms with E-state index in [0.717, 1.165) is 4.47 Å². The molecule has 0 atom stereocenters. The topological polar surface area (TPSA) is 92.3 Å². The van der Waals surface area contributed by atoms with Crippen molar-refractivity contribution in [1.29, 1.82) is 0 Å². The molecular weight excluding hydrogens is 428 g/mol. The van der Waals surface area contributed by atoms with Crippen LogP contribution in [0.1, 0.15) is 20.8 Å². The van der Waals surface area contributed by atoms with Crippen molar-refractivity contribution in [3.63, 3.8) is 0 Å². The Labute approximate surface area is 156 Å². The standard InChI is InChI=1S/C16H19BrN2O4S2/c1-16(2,3)19-25(22,23)15-10-6-13(7-11-15)18-24(20,21)14-8-4-12(17)5-9-14/h4-11,18-19H,1-3H3. The van der Waals surface area contributed by atoms with Gasteiger partial charge >= 0.3 is 0 Å². The third-order valence-corrected chi connectivity index (χ3v) is 6.68. The molecule has 25 heavy (non-hydrogen) atoms. The fraction of sp³-hybridized carbons (Fsp3) is 0.250. The summed E-state index contributed by atoms with van der Waals surface area (Å²) in [6, 6.07) is 11.7. The summed E-state index contributed by atoms with van der Waals surface area (Å²) in [5, 5.41) is 0. The zero-order chi connectivity index (χ0) is 18.9. The highest BCUT2D eigenvalue weighted by Gasteiger charge is 2.22. The molecule has 0 radical (unpaired) electrons. The molecule has 2 aromatic rings. The fourth-order valence-corrected chi connectivity index (χ4v) is 4.73. The molecule has 6 nitrogen and oxygen atoms in total. The van der Waals surface area contributed by atoms with E-state index in [1.54, 1.807) is 32.9 Å². The minimum absolute atomic E-state index is 0.0639. The van der Waals surface area contributed by atoms with Crippen LogP contribution in [0.3, 0.4) is 0 Å². The second kappa shape index (κ2) is 7.06. The summed E-state index contributed by atoms with van der Waals surface area (Å²) in [6.45, 7) is 5.22. The number of hydrogen-bond donors (Lipinski definition) is 2. The summed E-state index contributed by atoms with van der Waals surface area (Å²) >= 11 is 3.25. The molecule has 0 fully saturated rings. The van der Waals surface area contributed by atoms with E-state index >= 15 is 0 Å². The molecule has 0 aliphatic rings. The first-order valence-electron chi connectivity index (χ1n) is 7.31. The lowest BCUT2D eigenvalue weighted by Crippen LogP contribution is -2.40. The molecule has 0 aromatic heterocycles. The third kappa shape index (κ3) is 5.53. The number of sulfonamides is 2. The van der Waals surface area contributed by atoms with E-state index < -0.39 is 25.6 Å². The van der Waals surface area contributed by atoms with Gasteiger partial charge < -0.3 is 0 Å². The summed E-state index contributed by atoms with van der Waals surface area (Å²) in [5.41, 5.74) is -0.335. The van der Waals surface area contributed by atoms with Gasteiger partial charge in [-0.1, -0.05) is 15.9 Å². The van der Waals surface area contributed by atoms with Crippen molar-refractivity contribution in [1.82, 2.24) is 4.72 Å². The molecule has 0 amide bonds. The van der Waals surface area contributed by atoms with Gasteiger partial charge in [-0.05, 0) is 69.3 Å². The summed E-state index contributed by atoms with van der Waals surface area (Å²) < 4.78 is 54.9. The van der Waals surface area contributed by atoms with E-state index in [-0.39, 0.29) is 15.5 Å². The Kier molecular flexibility index (Phi) is 5.62. The van der Waals surface area contributed by atoms with Gasteiger partial charge in [-0.3, -0.25) is 4.72 Å². The van der Waals surface area contributed by atoms with Crippen LogP contribution in [0.5, 0.6) is 0 Å². The van der Waals surface area contributed by atoms with Crippen molar-refractivity contribution in [3.05, 3.63) is 53.0 Å². The second-order valence-electron chi connectivity index (χ2n) is 6.44. The minimum Gasteiger partial charge on any atom is -0.280 e. The SMILES string of the molecule is CC(C)(C)NS(=O)(=O)c1ccc(NS(=O)(=O)c2ccc(Br)cc2)cc1. The highest BCUT2D eigenvalue weighted by molar-refractivity contribution is 9.10. The van der Waals surface area contributed by atoms with E-state index in [1.807, 2.05) is 0 Å². The summed E-state index contributed by atoms with van der Waals surface area (Å²) in [6.07, 6.45) is 0. The van der Waals surface area contributed by atoms with Gasteiger partial charge in [-0.15, -0.1) is 0 Å². The van der Waals surface area contributed by atoms with Crippen molar-refractivity contribution in [2.45, 2.75) is 36.1 Å². The quantitative estimate of drug-likeness (QED) is 0.736. The molecule has 0 aliphatic carbocycles. The van der Waals surface area contributed by atoms with Gasteiger partial charge in [0, 0.05) is 15.7 Å². The molecule has 2 aromatic carbocycles. The van der Waals surface area contributed by atoms with Crippen molar-refractivity contribution in [3.8, 4) is 0 Å². The predicted molar refractivity (Wildman–Crippen MR) is 101 cm³/mol. The van der Waals surface area contributed by atoms with Gasteiger partial charge in [0.1, 0.15) is 0 Å². The first-order valence-corrected chi connectivity index (χ1v) is 11.1. The van der Waals surface area contributed by atoms with E-state index in [1.165, 1.54) is 36.4 Å². The lowest BCUT2D eigenvalue weighted by molar-refractivity contribution is 0.491. The van der Waals surface area contributed by atoms with Crippen LogP contribution in [0.4, 0.5) is 5.69 Å². The molecule has 9 heteroatoms. The average Bonchev–Trinajstić information content (AvgIpc) is 2.45. The molecule has 0 aliphatic heterocycles. The van der Waals surface area contributed by atoms with Crippen LogP contribution in [0, 0.1) is 0 Å². The Hall–Kier alpha value is -1.42. The van der Waals surface area contributed by atoms with Gasteiger partial charge in [-0.25, -0.2) is 21.6 Å². The number of nitrogens with one attached hydrogen (secondary N) is 2. The van der Waals surface area contributed by atoms with Crippen LogP contribution in [0.2, 0.25) is 0 Å². The summed E-state index contributed by atoms with van der Waals surface area (Å²) in [4.78, 5) is 0.177. The molecule has 2 rings (SSSR count). The Bertz CT molecular complexity index is 947. The zero-order valence-corrected chi connectivity index (χ0v) is 17.2. The van der Waals surface area contributed by atoms with E-state index in [2.05, 4.69) is 25.4 Å². The zero-order valence-electron chi connectivity index (χ0n) is 13.9. The van der Waals surface area contributed by atoms with Crippen LogP contribution in [-0.4, -0.2) is 22.4 Å². The maximum atomic E-state index is 12.3. The molecule has 0 heterocycles. The summed E-state index contributed by atoms with van der Waals surface area (Å²) in [5.74, 6) is 0. The van der Waals surface area contributed by atoms with Gasteiger partial charge in [0.2, 0.25) is 10.0 Å². The van der Waals surface area contributed by atoms with Crippen LogP contribution in [0.25, 0.3) is 0 Å². The lowest BCUT2D eigenvalue weighted by Gasteiger charge is -2.20. The predicted octanol–water partition coefficient (Wildman–Crippen LogP) is 3.33. The van der Waals surface area contributed by atoms with Crippen LogP contribution >= 0.6 is 15.9 Å². The van der Waals surface area contributed by atoms with Crippen LogP contribution in [0.15, 0.2) is 62.8 Å². The third-order valence-electron chi connectivity index (χ3n) is 2.98. The van der Waals surface area contributed by atoms with Gasteiger partial charge in [0.25, 0.3) is 10.0 Å². The second-order valence-corrected chi connectivity index (χ2v) is 10.7. The Morgan fingerprint density at radius 3 is 1.68 bits per heavy atom. The molecule has 2 N–H and O–H groups in total. The lowest BCUT2D eigenvalue weighted by atomic mass is 10.1. The van der Waals surface area contributed by atoms with Gasteiger partial charge in [0.15, 0.2) is 0 Å². The van der Waals surface area contributed by atoms with E-state index in [4.69, 9.17) is 0 Å². The largest absolute Gasteiger partial charge is 0.280 e. The first-order chi connectivity index (χ1) is 11.4. The number of halogens is 1. The molecule has 136 valence electrons. The van der Waals surface area contributed by atoms with Crippen molar-refractivity contribution < 1.29 is 16.8 Å². The first kappa shape index (κ1) is 19.9. The van der Waals surface area contributed by atoms with E-state index in [9.17, 15) is 16.8 Å². The number of anilines is 1. The van der Waals surface area contributed by atoms with E-state index in [0.29, 0.717) is 0 Å². The number of rotatable bonds is 5. The smallest absolute Gasteiger partial charge is 0.261 e. The molecule has 0 bridgehead atoms. The summed E-state index contributed by atoms with van der Waals surface area (Å²) in [7, 11) is -7.41. The maximum Gasteiger partial charge on any atom is 0.261 e. The monoisotopic (exact) mass is 446 g/mol. The number of hydrogen-bond acceptors (Lipinski definition) is 4. The van der Waals surface area contributed by atoms with Gasteiger partial charge in [0.05, 0.1) is 9.79 Å². The van der Waals surface area contributed by atoms with Crippen molar-refractivity contribution in [2.75, 3.05) is 4.72 Å². The van der Waals surface area contributed by atoms with Gasteiger partial charge in [-0.2, -0.15) is 0 Å². The Balaban J connectivity index is 2.22. The molecule has 0 unspecified atom stereocenters.